The average molecular weight is 260 g/mol. The van der Waals surface area contributed by atoms with Gasteiger partial charge in [-0.1, -0.05) is 38.1 Å². The summed E-state index contributed by atoms with van der Waals surface area (Å²) in [5.74, 6) is 0.737. The van der Waals surface area contributed by atoms with Crippen molar-refractivity contribution < 1.29 is 0 Å². The fourth-order valence-corrected chi connectivity index (χ4v) is 2.61. The van der Waals surface area contributed by atoms with Crippen LogP contribution in [-0.2, 0) is 13.0 Å². The quantitative estimate of drug-likeness (QED) is 0.886. The lowest BCUT2D eigenvalue weighted by molar-refractivity contribution is 0.585. The predicted molar refractivity (Wildman–Crippen MR) is 78.6 cm³/mol. The van der Waals surface area contributed by atoms with Crippen LogP contribution in [-0.4, -0.2) is 4.98 Å². The molecule has 3 heteroatoms. The molecule has 0 aliphatic carbocycles. The molecular weight excluding hydrogens is 240 g/mol. The van der Waals surface area contributed by atoms with Crippen LogP contribution in [0.15, 0.2) is 29.6 Å². The third-order valence-electron chi connectivity index (χ3n) is 2.97. The monoisotopic (exact) mass is 260 g/mol. The number of aryl methyl sites for hydroxylation is 1. The van der Waals surface area contributed by atoms with Crippen molar-refractivity contribution in [2.75, 3.05) is 0 Å². The Hall–Kier alpha value is -1.19. The van der Waals surface area contributed by atoms with Gasteiger partial charge in [0.1, 0.15) is 0 Å². The zero-order valence-electron chi connectivity index (χ0n) is 11.0. The Morgan fingerprint density at radius 3 is 2.56 bits per heavy atom. The van der Waals surface area contributed by atoms with E-state index in [4.69, 9.17) is 10.7 Å². The predicted octanol–water partition coefficient (Wildman–Crippen LogP) is 3.86. The Kier molecular flexibility index (Phi) is 4.50. The Balaban J connectivity index is 2.08. The molecule has 0 fully saturated rings. The molecule has 0 aliphatic rings. The van der Waals surface area contributed by atoms with Gasteiger partial charge in [0.05, 0.1) is 10.7 Å². The second kappa shape index (κ2) is 6.12. The van der Waals surface area contributed by atoms with Crippen LogP contribution in [0.1, 0.15) is 30.8 Å². The van der Waals surface area contributed by atoms with Crippen LogP contribution in [0, 0.1) is 5.92 Å². The van der Waals surface area contributed by atoms with E-state index in [9.17, 15) is 0 Å². The molecule has 0 spiro atoms. The van der Waals surface area contributed by atoms with Gasteiger partial charge in [-0.15, -0.1) is 11.3 Å². The number of nitrogens with zero attached hydrogens (tertiary/aromatic N) is 1. The Morgan fingerprint density at radius 1 is 1.22 bits per heavy atom. The highest BCUT2D eigenvalue weighted by Crippen LogP contribution is 2.23. The van der Waals surface area contributed by atoms with Gasteiger partial charge in [-0.2, -0.15) is 0 Å². The lowest BCUT2D eigenvalue weighted by atomic mass is 10.1. The fourth-order valence-electron chi connectivity index (χ4n) is 1.78. The molecule has 0 bridgehead atoms. The maximum absolute atomic E-state index is 5.60. The molecule has 2 nitrogen and oxygen atoms in total. The van der Waals surface area contributed by atoms with Crippen LogP contribution < -0.4 is 5.73 Å². The summed E-state index contributed by atoms with van der Waals surface area (Å²) in [7, 11) is 0. The van der Waals surface area contributed by atoms with E-state index in [1.54, 1.807) is 11.3 Å². The van der Waals surface area contributed by atoms with Crippen molar-refractivity contribution >= 4 is 11.3 Å². The highest BCUT2D eigenvalue weighted by atomic mass is 32.1. The first kappa shape index (κ1) is 13.2. The number of aromatic nitrogens is 1. The van der Waals surface area contributed by atoms with Gasteiger partial charge in [0.25, 0.3) is 0 Å². The van der Waals surface area contributed by atoms with Gasteiger partial charge < -0.3 is 5.73 Å². The van der Waals surface area contributed by atoms with Gasteiger partial charge in [0.2, 0.25) is 0 Å². The van der Waals surface area contributed by atoms with Gasteiger partial charge >= 0.3 is 0 Å². The van der Waals surface area contributed by atoms with Crippen LogP contribution >= 0.6 is 11.3 Å². The molecule has 96 valence electrons. The number of hydrogen-bond donors (Lipinski definition) is 1. The van der Waals surface area contributed by atoms with Gasteiger partial charge in [0.15, 0.2) is 0 Å². The summed E-state index contributed by atoms with van der Waals surface area (Å²) in [5, 5.41) is 3.38. The van der Waals surface area contributed by atoms with E-state index in [0.717, 1.165) is 23.6 Å². The maximum Gasteiger partial charge on any atom is 0.0932 e. The van der Waals surface area contributed by atoms with Crippen LogP contribution in [0.5, 0.6) is 0 Å². The number of benzene rings is 1. The molecule has 2 aromatic rings. The second-order valence-corrected chi connectivity index (χ2v) is 5.90. The Bertz CT molecular complexity index is 485. The summed E-state index contributed by atoms with van der Waals surface area (Å²) in [4.78, 5) is 4.70. The molecule has 0 aliphatic heterocycles. The highest BCUT2D eigenvalue weighted by Gasteiger charge is 2.05. The van der Waals surface area contributed by atoms with Crippen LogP contribution in [0.3, 0.4) is 0 Å². The number of thiazole rings is 1. The van der Waals surface area contributed by atoms with Crippen molar-refractivity contribution in [2.45, 2.75) is 33.2 Å². The Morgan fingerprint density at radius 2 is 1.94 bits per heavy atom. The fraction of sp³-hybridized carbons (Fsp3) is 0.400. The van der Waals surface area contributed by atoms with E-state index in [2.05, 4.69) is 43.5 Å². The van der Waals surface area contributed by atoms with Gasteiger partial charge in [-0.25, -0.2) is 4.98 Å². The van der Waals surface area contributed by atoms with Crippen LogP contribution in [0.4, 0.5) is 0 Å². The van der Waals surface area contributed by atoms with E-state index in [0.29, 0.717) is 6.54 Å². The normalized spacial score (nSPS) is 11.1. The minimum absolute atomic E-state index is 0.594. The van der Waals surface area contributed by atoms with Crippen molar-refractivity contribution in [1.29, 1.82) is 0 Å². The first-order valence-corrected chi connectivity index (χ1v) is 7.31. The molecule has 0 unspecified atom stereocenters. The topological polar surface area (TPSA) is 38.9 Å². The minimum Gasteiger partial charge on any atom is -0.326 e. The number of rotatable bonds is 5. The lowest BCUT2D eigenvalue weighted by Gasteiger charge is -2.01. The summed E-state index contributed by atoms with van der Waals surface area (Å²) < 4.78 is 0. The highest BCUT2D eigenvalue weighted by molar-refractivity contribution is 7.09. The number of hydrogen-bond acceptors (Lipinski definition) is 3. The molecule has 18 heavy (non-hydrogen) atoms. The zero-order chi connectivity index (χ0) is 13.0. The van der Waals surface area contributed by atoms with E-state index < -0.39 is 0 Å². The minimum atomic E-state index is 0.594. The summed E-state index contributed by atoms with van der Waals surface area (Å²) in [5.41, 5.74) is 9.02. The van der Waals surface area contributed by atoms with Crippen molar-refractivity contribution in [2.24, 2.45) is 11.7 Å². The smallest absolute Gasteiger partial charge is 0.0932 e. The molecule has 0 saturated heterocycles. The molecule has 0 radical (unpaired) electrons. The van der Waals surface area contributed by atoms with Crippen LogP contribution in [0.25, 0.3) is 11.3 Å². The summed E-state index contributed by atoms with van der Waals surface area (Å²) in [6.45, 7) is 5.09. The summed E-state index contributed by atoms with van der Waals surface area (Å²) in [6, 6.07) is 8.35. The van der Waals surface area contributed by atoms with Crippen molar-refractivity contribution in [3.05, 3.63) is 40.2 Å². The maximum atomic E-state index is 5.60. The summed E-state index contributed by atoms with van der Waals surface area (Å²) >= 11 is 1.76. The van der Waals surface area contributed by atoms with E-state index in [-0.39, 0.29) is 0 Å². The Labute approximate surface area is 113 Å². The average Bonchev–Trinajstić information content (AvgIpc) is 2.85. The molecule has 1 heterocycles. The second-order valence-electron chi connectivity index (χ2n) is 4.96. The van der Waals surface area contributed by atoms with Crippen molar-refractivity contribution in [3.8, 4) is 11.3 Å². The molecule has 2 N–H and O–H groups in total. The molecule has 2 rings (SSSR count). The molecule has 0 saturated carbocycles. The van der Waals surface area contributed by atoms with E-state index >= 15 is 0 Å². The molecule has 0 atom stereocenters. The van der Waals surface area contributed by atoms with Gasteiger partial charge in [-0.05, 0) is 24.3 Å². The third kappa shape index (κ3) is 3.40. The first-order chi connectivity index (χ1) is 8.69. The zero-order valence-corrected chi connectivity index (χ0v) is 11.8. The largest absolute Gasteiger partial charge is 0.326 e. The molecule has 1 aromatic carbocycles. The van der Waals surface area contributed by atoms with Crippen molar-refractivity contribution in [1.82, 2.24) is 4.98 Å². The summed E-state index contributed by atoms with van der Waals surface area (Å²) in [6.07, 6.45) is 2.29. The van der Waals surface area contributed by atoms with E-state index in [1.807, 2.05) is 0 Å². The number of nitrogens with two attached hydrogens (primary N) is 1. The molecule has 0 amide bonds. The molecular formula is C15H20N2S. The SMILES string of the molecule is CC(C)CCc1nc(-c2ccc(CN)cc2)cs1. The van der Waals surface area contributed by atoms with Gasteiger partial charge in [0, 0.05) is 17.5 Å². The first-order valence-electron chi connectivity index (χ1n) is 6.43. The standard InChI is InChI=1S/C15H20N2S/c1-11(2)3-8-15-17-14(10-18-15)13-6-4-12(9-16)5-7-13/h4-7,10-11H,3,8-9,16H2,1-2H3. The van der Waals surface area contributed by atoms with Gasteiger partial charge in [-0.3, -0.25) is 0 Å². The van der Waals surface area contributed by atoms with Crippen LogP contribution in [0.2, 0.25) is 0 Å². The lowest BCUT2D eigenvalue weighted by Crippen LogP contribution is -1.95. The molecule has 1 aromatic heterocycles. The van der Waals surface area contributed by atoms with E-state index in [1.165, 1.54) is 17.0 Å². The van der Waals surface area contributed by atoms with Crippen molar-refractivity contribution in [3.63, 3.8) is 0 Å². The third-order valence-corrected chi connectivity index (χ3v) is 3.88.